The van der Waals surface area contributed by atoms with Gasteiger partial charge in [0.05, 0.1) is 17.5 Å². The number of hydrogen-bond donors (Lipinski definition) is 1. The molecule has 1 saturated heterocycles. The van der Waals surface area contributed by atoms with Gasteiger partial charge in [-0.3, -0.25) is 9.88 Å². The van der Waals surface area contributed by atoms with Gasteiger partial charge in [0, 0.05) is 32.4 Å². The standard InChI is InChI=1S/C12H19N3O/c1-10-8-15(6-3-7-16-10)9-12-11(13)4-2-5-14-12/h2,4-5,10H,3,6-9,13H2,1H3. The highest BCUT2D eigenvalue weighted by Crippen LogP contribution is 2.13. The number of nitrogen functional groups attached to an aromatic ring is 1. The van der Waals surface area contributed by atoms with Crippen LogP contribution in [0.4, 0.5) is 5.69 Å². The summed E-state index contributed by atoms with van der Waals surface area (Å²) in [6, 6.07) is 3.77. The topological polar surface area (TPSA) is 51.4 Å². The molecule has 1 aromatic heterocycles. The lowest BCUT2D eigenvalue weighted by molar-refractivity contribution is 0.0666. The summed E-state index contributed by atoms with van der Waals surface area (Å²) in [5.74, 6) is 0. The van der Waals surface area contributed by atoms with Crippen LogP contribution in [-0.2, 0) is 11.3 Å². The number of anilines is 1. The number of aromatic nitrogens is 1. The summed E-state index contributed by atoms with van der Waals surface area (Å²) in [4.78, 5) is 6.68. The normalized spacial score (nSPS) is 22.9. The van der Waals surface area contributed by atoms with Crippen molar-refractivity contribution in [2.45, 2.75) is 26.0 Å². The van der Waals surface area contributed by atoms with Crippen LogP contribution in [0.25, 0.3) is 0 Å². The predicted octanol–water partition coefficient (Wildman–Crippen LogP) is 1.27. The molecular weight excluding hydrogens is 202 g/mol. The van der Waals surface area contributed by atoms with Crippen LogP contribution < -0.4 is 5.73 Å². The van der Waals surface area contributed by atoms with Gasteiger partial charge in [0.15, 0.2) is 0 Å². The third-order valence-electron chi connectivity index (χ3n) is 2.84. The zero-order valence-electron chi connectivity index (χ0n) is 9.72. The summed E-state index contributed by atoms with van der Waals surface area (Å²) < 4.78 is 5.61. The summed E-state index contributed by atoms with van der Waals surface area (Å²) in [5, 5.41) is 0. The maximum absolute atomic E-state index is 5.89. The van der Waals surface area contributed by atoms with E-state index in [2.05, 4.69) is 16.8 Å². The Hall–Kier alpha value is -1.13. The number of rotatable bonds is 2. The molecule has 1 aliphatic heterocycles. The highest BCUT2D eigenvalue weighted by Gasteiger charge is 2.16. The summed E-state index contributed by atoms with van der Waals surface area (Å²) in [6.45, 7) is 5.80. The minimum absolute atomic E-state index is 0.299. The largest absolute Gasteiger partial charge is 0.397 e. The molecule has 88 valence electrons. The Kier molecular flexibility index (Phi) is 3.74. The van der Waals surface area contributed by atoms with Crippen LogP contribution in [0.15, 0.2) is 18.3 Å². The van der Waals surface area contributed by atoms with E-state index in [0.717, 1.165) is 44.0 Å². The fourth-order valence-corrected chi connectivity index (χ4v) is 2.02. The van der Waals surface area contributed by atoms with Crippen LogP contribution in [0.2, 0.25) is 0 Å². The zero-order chi connectivity index (χ0) is 11.4. The van der Waals surface area contributed by atoms with E-state index in [4.69, 9.17) is 10.5 Å². The molecule has 1 aliphatic rings. The molecule has 4 heteroatoms. The molecule has 0 amide bonds. The van der Waals surface area contributed by atoms with Crippen molar-refractivity contribution in [1.82, 2.24) is 9.88 Å². The highest BCUT2D eigenvalue weighted by molar-refractivity contribution is 5.41. The van der Waals surface area contributed by atoms with Crippen molar-refractivity contribution >= 4 is 5.69 Å². The Morgan fingerprint density at radius 1 is 1.62 bits per heavy atom. The van der Waals surface area contributed by atoms with E-state index in [0.29, 0.717) is 6.10 Å². The second-order valence-corrected chi connectivity index (χ2v) is 4.31. The molecule has 2 N–H and O–H groups in total. The molecule has 2 rings (SSSR count). The van der Waals surface area contributed by atoms with Gasteiger partial charge in [-0.15, -0.1) is 0 Å². The molecule has 16 heavy (non-hydrogen) atoms. The van der Waals surface area contributed by atoms with Gasteiger partial charge in [-0.1, -0.05) is 0 Å². The van der Waals surface area contributed by atoms with Gasteiger partial charge in [0.2, 0.25) is 0 Å². The molecule has 0 bridgehead atoms. The number of hydrogen-bond acceptors (Lipinski definition) is 4. The lowest BCUT2D eigenvalue weighted by Crippen LogP contribution is -2.30. The van der Waals surface area contributed by atoms with Crippen LogP contribution in [0, 0.1) is 0 Å². The first kappa shape index (κ1) is 11.4. The molecule has 0 spiro atoms. The van der Waals surface area contributed by atoms with Crippen molar-refractivity contribution in [2.24, 2.45) is 0 Å². The van der Waals surface area contributed by atoms with Gasteiger partial charge in [-0.25, -0.2) is 0 Å². The van der Waals surface area contributed by atoms with E-state index in [1.165, 1.54) is 0 Å². The van der Waals surface area contributed by atoms with E-state index < -0.39 is 0 Å². The average Bonchev–Trinajstić information content (AvgIpc) is 2.46. The molecule has 0 aliphatic carbocycles. The highest BCUT2D eigenvalue weighted by atomic mass is 16.5. The van der Waals surface area contributed by atoms with Crippen molar-refractivity contribution in [3.8, 4) is 0 Å². The zero-order valence-corrected chi connectivity index (χ0v) is 9.72. The monoisotopic (exact) mass is 221 g/mol. The molecule has 1 aromatic rings. The molecule has 0 saturated carbocycles. The molecule has 0 radical (unpaired) electrons. The lowest BCUT2D eigenvalue weighted by Gasteiger charge is -2.21. The lowest BCUT2D eigenvalue weighted by atomic mass is 10.2. The average molecular weight is 221 g/mol. The molecule has 1 unspecified atom stereocenters. The van der Waals surface area contributed by atoms with Gasteiger partial charge in [-0.2, -0.15) is 0 Å². The summed E-state index contributed by atoms with van der Waals surface area (Å²) >= 11 is 0. The van der Waals surface area contributed by atoms with Gasteiger partial charge in [-0.05, 0) is 25.5 Å². The SMILES string of the molecule is CC1CN(Cc2ncccc2N)CCCO1. The second-order valence-electron chi connectivity index (χ2n) is 4.31. The van der Waals surface area contributed by atoms with Crippen molar-refractivity contribution < 1.29 is 4.74 Å². The first-order valence-corrected chi connectivity index (χ1v) is 5.79. The molecule has 2 heterocycles. The van der Waals surface area contributed by atoms with E-state index >= 15 is 0 Å². The fourth-order valence-electron chi connectivity index (χ4n) is 2.02. The van der Waals surface area contributed by atoms with Crippen LogP contribution in [-0.4, -0.2) is 35.7 Å². The second kappa shape index (κ2) is 5.27. The Bertz CT molecular complexity index is 343. The summed E-state index contributed by atoms with van der Waals surface area (Å²) in [6.07, 6.45) is 3.17. The Morgan fingerprint density at radius 2 is 2.50 bits per heavy atom. The third kappa shape index (κ3) is 2.93. The molecule has 1 fully saturated rings. The summed E-state index contributed by atoms with van der Waals surface area (Å²) in [5.41, 5.74) is 7.64. The smallest absolute Gasteiger partial charge is 0.0772 e. The van der Waals surface area contributed by atoms with Crippen LogP contribution in [0.1, 0.15) is 19.0 Å². The van der Waals surface area contributed by atoms with Crippen molar-refractivity contribution in [2.75, 3.05) is 25.4 Å². The first-order chi connectivity index (χ1) is 7.75. The maximum Gasteiger partial charge on any atom is 0.0772 e. The van der Waals surface area contributed by atoms with E-state index in [1.54, 1.807) is 6.20 Å². The Labute approximate surface area is 96.4 Å². The van der Waals surface area contributed by atoms with Crippen LogP contribution >= 0.6 is 0 Å². The van der Waals surface area contributed by atoms with Gasteiger partial charge in [0.1, 0.15) is 0 Å². The quantitative estimate of drug-likeness (QED) is 0.817. The molecule has 4 nitrogen and oxygen atoms in total. The number of ether oxygens (including phenoxy) is 1. The first-order valence-electron chi connectivity index (χ1n) is 5.79. The number of nitrogens with two attached hydrogens (primary N) is 1. The van der Waals surface area contributed by atoms with Gasteiger partial charge < -0.3 is 10.5 Å². The van der Waals surface area contributed by atoms with Gasteiger partial charge in [0.25, 0.3) is 0 Å². The molecule has 1 atom stereocenters. The van der Waals surface area contributed by atoms with E-state index in [-0.39, 0.29) is 0 Å². The minimum atomic E-state index is 0.299. The Morgan fingerprint density at radius 3 is 3.31 bits per heavy atom. The van der Waals surface area contributed by atoms with E-state index in [9.17, 15) is 0 Å². The van der Waals surface area contributed by atoms with Crippen LogP contribution in [0.3, 0.4) is 0 Å². The maximum atomic E-state index is 5.89. The number of nitrogens with zero attached hydrogens (tertiary/aromatic N) is 2. The third-order valence-corrected chi connectivity index (χ3v) is 2.84. The molecular formula is C12H19N3O. The van der Waals surface area contributed by atoms with E-state index in [1.807, 2.05) is 12.1 Å². The van der Waals surface area contributed by atoms with Crippen LogP contribution in [0.5, 0.6) is 0 Å². The van der Waals surface area contributed by atoms with Crippen molar-refractivity contribution in [3.05, 3.63) is 24.0 Å². The minimum Gasteiger partial charge on any atom is -0.397 e. The van der Waals surface area contributed by atoms with Gasteiger partial charge >= 0.3 is 0 Å². The fraction of sp³-hybridized carbons (Fsp3) is 0.583. The predicted molar refractivity (Wildman–Crippen MR) is 64.0 cm³/mol. The molecule has 0 aromatic carbocycles. The summed E-state index contributed by atoms with van der Waals surface area (Å²) in [7, 11) is 0. The van der Waals surface area contributed by atoms with Crippen molar-refractivity contribution in [3.63, 3.8) is 0 Å². The number of pyridine rings is 1. The van der Waals surface area contributed by atoms with Crippen molar-refractivity contribution in [1.29, 1.82) is 0 Å². The Balaban J connectivity index is 2.00.